The third-order valence-electron chi connectivity index (χ3n) is 5.28. The average molecular weight is 245 g/mol. The molecule has 1 atom stereocenters. The van der Waals surface area contributed by atoms with E-state index in [1.807, 2.05) is 0 Å². The molecule has 0 aliphatic heterocycles. The first-order valence-electron chi connectivity index (χ1n) is 7.94. The predicted molar refractivity (Wildman–Crippen MR) is 77.4 cm³/mol. The Morgan fingerprint density at radius 1 is 1.11 bits per heavy atom. The summed E-state index contributed by atoms with van der Waals surface area (Å²) in [4.78, 5) is 0. The van der Waals surface area contributed by atoms with Gasteiger partial charge in [0.15, 0.2) is 0 Å². The van der Waals surface area contributed by atoms with E-state index in [-0.39, 0.29) is 0 Å². The highest BCUT2D eigenvalue weighted by Crippen LogP contribution is 2.46. The molecule has 0 radical (unpaired) electrons. The summed E-state index contributed by atoms with van der Waals surface area (Å²) in [5.41, 5.74) is 3.64. The molecular formula is C17H27N. The van der Waals surface area contributed by atoms with Crippen LogP contribution in [0.1, 0.15) is 71.1 Å². The van der Waals surface area contributed by atoms with Gasteiger partial charge in [0.25, 0.3) is 0 Å². The lowest BCUT2D eigenvalue weighted by molar-refractivity contribution is 0.299. The number of fused-ring (bicyclic) bond motifs is 1. The Hall–Kier alpha value is -0.720. The third kappa shape index (κ3) is 2.50. The molecule has 1 nitrogen and oxygen atoms in total. The van der Waals surface area contributed by atoms with Crippen LogP contribution >= 0.6 is 0 Å². The molecule has 2 saturated carbocycles. The Labute approximate surface area is 112 Å². The number of nitrogens with one attached hydrogen (secondary N) is 1. The van der Waals surface area contributed by atoms with Crippen LogP contribution in [0.25, 0.3) is 0 Å². The van der Waals surface area contributed by atoms with Crippen LogP contribution in [0.15, 0.2) is 23.4 Å². The van der Waals surface area contributed by atoms with Gasteiger partial charge in [-0.1, -0.05) is 44.3 Å². The molecule has 0 saturated heterocycles. The number of hydrogen-bond acceptors (Lipinski definition) is 1. The maximum absolute atomic E-state index is 3.79. The summed E-state index contributed by atoms with van der Waals surface area (Å²) in [5.74, 6) is 0. The lowest BCUT2D eigenvalue weighted by atomic mass is 9.67. The maximum Gasteiger partial charge on any atom is 0.0301 e. The topological polar surface area (TPSA) is 12.0 Å². The molecule has 18 heavy (non-hydrogen) atoms. The monoisotopic (exact) mass is 245 g/mol. The van der Waals surface area contributed by atoms with Gasteiger partial charge in [-0.25, -0.2) is 0 Å². The highest BCUT2D eigenvalue weighted by molar-refractivity contribution is 5.33. The van der Waals surface area contributed by atoms with Gasteiger partial charge in [0, 0.05) is 11.7 Å². The first-order chi connectivity index (χ1) is 8.76. The van der Waals surface area contributed by atoms with Gasteiger partial charge in [-0.15, -0.1) is 0 Å². The zero-order valence-corrected chi connectivity index (χ0v) is 11.8. The van der Waals surface area contributed by atoms with Crippen LogP contribution in [0.5, 0.6) is 0 Å². The summed E-state index contributed by atoms with van der Waals surface area (Å²) in [6.45, 7) is 2.46. The van der Waals surface area contributed by atoms with Crippen molar-refractivity contribution < 1.29 is 0 Å². The summed E-state index contributed by atoms with van der Waals surface area (Å²) in [6.07, 6.45) is 18.8. The van der Waals surface area contributed by atoms with E-state index < -0.39 is 0 Å². The van der Waals surface area contributed by atoms with Crippen LogP contribution < -0.4 is 5.32 Å². The van der Waals surface area contributed by atoms with Gasteiger partial charge >= 0.3 is 0 Å². The lowest BCUT2D eigenvalue weighted by Crippen LogP contribution is -2.33. The van der Waals surface area contributed by atoms with Gasteiger partial charge in [-0.2, -0.15) is 0 Å². The Morgan fingerprint density at radius 3 is 2.78 bits per heavy atom. The summed E-state index contributed by atoms with van der Waals surface area (Å²) in [5, 5.41) is 3.79. The van der Waals surface area contributed by atoms with Crippen LogP contribution in [-0.2, 0) is 0 Å². The Bertz CT molecular complexity index is 360. The first kappa shape index (κ1) is 12.3. The third-order valence-corrected chi connectivity index (χ3v) is 5.28. The van der Waals surface area contributed by atoms with Crippen molar-refractivity contribution in [3.8, 4) is 0 Å². The van der Waals surface area contributed by atoms with Gasteiger partial charge < -0.3 is 5.32 Å². The van der Waals surface area contributed by atoms with Crippen molar-refractivity contribution in [2.45, 2.75) is 77.2 Å². The number of allylic oxidation sites excluding steroid dienone is 3. The molecule has 0 heterocycles. The average Bonchev–Trinajstić information content (AvgIpc) is 2.40. The molecule has 3 rings (SSSR count). The second-order valence-corrected chi connectivity index (χ2v) is 6.78. The molecule has 1 unspecified atom stereocenters. The second-order valence-electron chi connectivity index (χ2n) is 6.78. The fourth-order valence-electron chi connectivity index (χ4n) is 3.94. The van der Waals surface area contributed by atoms with Crippen molar-refractivity contribution in [1.29, 1.82) is 0 Å². The van der Waals surface area contributed by atoms with E-state index in [0.29, 0.717) is 5.41 Å². The van der Waals surface area contributed by atoms with Crippen LogP contribution in [0.2, 0.25) is 0 Å². The van der Waals surface area contributed by atoms with E-state index >= 15 is 0 Å². The zero-order chi connectivity index (χ0) is 12.4. The van der Waals surface area contributed by atoms with Gasteiger partial charge in [0.05, 0.1) is 0 Å². The van der Waals surface area contributed by atoms with Crippen LogP contribution in [0.4, 0.5) is 0 Å². The quantitative estimate of drug-likeness (QED) is 0.743. The van der Waals surface area contributed by atoms with Gasteiger partial charge in [-0.3, -0.25) is 0 Å². The van der Waals surface area contributed by atoms with Crippen molar-refractivity contribution in [2.24, 2.45) is 5.41 Å². The molecule has 0 aromatic carbocycles. The fourth-order valence-corrected chi connectivity index (χ4v) is 3.94. The Kier molecular flexibility index (Phi) is 3.50. The first-order valence-corrected chi connectivity index (χ1v) is 7.94. The van der Waals surface area contributed by atoms with E-state index in [1.54, 1.807) is 5.57 Å². The fraction of sp³-hybridized carbons (Fsp3) is 0.765. The minimum Gasteiger partial charge on any atom is -0.383 e. The Morgan fingerprint density at radius 2 is 1.94 bits per heavy atom. The summed E-state index contributed by atoms with van der Waals surface area (Å²) >= 11 is 0. The van der Waals surface area contributed by atoms with Crippen molar-refractivity contribution in [3.05, 3.63) is 23.4 Å². The van der Waals surface area contributed by atoms with E-state index in [2.05, 4.69) is 24.4 Å². The lowest BCUT2D eigenvalue weighted by Gasteiger charge is -2.39. The highest BCUT2D eigenvalue weighted by atomic mass is 14.9. The molecule has 2 fully saturated rings. The van der Waals surface area contributed by atoms with Gasteiger partial charge in [0.1, 0.15) is 0 Å². The minimum absolute atomic E-state index is 0.496. The zero-order valence-electron chi connectivity index (χ0n) is 11.8. The molecule has 0 bridgehead atoms. The molecule has 0 amide bonds. The largest absolute Gasteiger partial charge is 0.383 e. The molecule has 100 valence electrons. The summed E-state index contributed by atoms with van der Waals surface area (Å²) < 4.78 is 0. The SMILES string of the molecule is CC12CC=C(NC3CCCCC3)C=C1CCCC2. The molecule has 0 aromatic heterocycles. The van der Waals surface area contributed by atoms with Crippen molar-refractivity contribution >= 4 is 0 Å². The van der Waals surface area contributed by atoms with Crippen LogP contribution in [-0.4, -0.2) is 6.04 Å². The summed E-state index contributed by atoms with van der Waals surface area (Å²) in [6, 6.07) is 0.745. The number of rotatable bonds is 2. The second kappa shape index (κ2) is 5.11. The van der Waals surface area contributed by atoms with Crippen molar-refractivity contribution in [1.82, 2.24) is 5.32 Å². The molecule has 3 aliphatic rings. The Balaban J connectivity index is 1.66. The maximum atomic E-state index is 3.79. The molecule has 1 N–H and O–H groups in total. The molecule has 1 heteroatoms. The summed E-state index contributed by atoms with van der Waals surface area (Å²) in [7, 11) is 0. The van der Waals surface area contributed by atoms with E-state index in [1.165, 1.54) is 69.9 Å². The standard InChI is InChI=1S/C17H27N/c1-17-11-6-5-7-14(17)13-16(10-12-17)18-15-8-3-2-4-9-15/h10,13,15,18H,2-9,11-12H2,1H3. The van der Waals surface area contributed by atoms with Gasteiger partial charge in [0.2, 0.25) is 0 Å². The number of hydrogen-bond donors (Lipinski definition) is 1. The molecule has 3 aliphatic carbocycles. The normalized spacial score (nSPS) is 33.4. The predicted octanol–water partition coefficient (Wildman–Crippen LogP) is 4.70. The van der Waals surface area contributed by atoms with Crippen LogP contribution in [0.3, 0.4) is 0 Å². The minimum atomic E-state index is 0.496. The van der Waals surface area contributed by atoms with E-state index in [9.17, 15) is 0 Å². The smallest absolute Gasteiger partial charge is 0.0301 e. The van der Waals surface area contributed by atoms with Crippen molar-refractivity contribution in [3.63, 3.8) is 0 Å². The van der Waals surface area contributed by atoms with E-state index in [0.717, 1.165) is 6.04 Å². The molecule has 0 spiro atoms. The van der Waals surface area contributed by atoms with Gasteiger partial charge in [-0.05, 0) is 50.0 Å². The van der Waals surface area contributed by atoms with E-state index in [4.69, 9.17) is 0 Å². The van der Waals surface area contributed by atoms with Crippen LogP contribution in [0, 0.1) is 5.41 Å². The highest BCUT2D eigenvalue weighted by Gasteiger charge is 2.32. The molecular weight excluding hydrogens is 218 g/mol. The molecule has 0 aromatic rings. The van der Waals surface area contributed by atoms with Crippen molar-refractivity contribution in [2.75, 3.05) is 0 Å².